The highest BCUT2D eigenvalue weighted by molar-refractivity contribution is 6.01. The first kappa shape index (κ1) is 23.4. The highest BCUT2D eigenvalue weighted by Crippen LogP contribution is 2.24. The van der Waals surface area contributed by atoms with E-state index in [9.17, 15) is 20.0 Å². The minimum absolute atomic E-state index is 0.176. The summed E-state index contributed by atoms with van der Waals surface area (Å²) in [4.78, 5) is 34.0. The monoisotopic (exact) mass is 448 g/mol. The number of pyridine rings is 2. The van der Waals surface area contributed by atoms with Gasteiger partial charge in [0, 0.05) is 50.2 Å². The number of hydrogen-bond acceptors (Lipinski definition) is 8. The number of anilines is 3. The molecule has 0 bridgehead atoms. The van der Waals surface area contributed by atoms with Crippen molar-refractivity contribution in [3.05, 3.63) is 48.0 Å². The van der Waals surface area contributed by atoms with Crippen LogP contribution in [0, 0.1) is 11.3 Å². The molecule has 3 heterocycles. The van der Waals surface area contributed by atoms with Gasteiger partial charge in [-0.15, -0.1) is 0 Å². The van der Waals surface area contributed by atoms with Crippen molar-refractivity contribution in [1.82, 2.24) is 19.7 Å². The molecule has 11 nitrogen and oxygen atoms in total. The largest absolute Gasteiger partial charge is 0.389 e. The van der Waals surface area contributed by atoms with Gasteiger partial charge < -0.3 is 10.4 Å². The number of aryl methyl sites for hydroxylation is 1. The van der Waals surface area contributed by atoms with Crippen LogP contribution in [0.1, 0.15) is 29.9 Å². The van der Waals surface area contributed by atoms with E-state index in [4.69, 9.17) is 0 Å². The zero-order valence-corrected chi connectivity index (χ0v) is 18.7. The molecule has 33 heavy (non-hydrogen) atoms. The number of aromatic nitrogens is 4. The summed E-state index contributed by atoms with van der Waals surface area (Å²) in [5.41, 5.74) is 1.22. The molecule has 11 heteroatoms. The molecule has 3 aromatic rings. The maximum Gasteiger partial charge on any atom is 0.328 e. The van der Waals surface area contributed by atoms with E-state index in [-0.39, 0.29) is 29.4 Å². The second-order valence-corrected chi connectivity index (χ2v) is 8.00. The molecule has 0 aliphatic carbocycles. The molecule has 0 atom stereocenters. The summed E-state index contributed by atoms with van der Waals surface area (Å²) in [5.74, 6) is 0.461. The number of aldehydes is 1. The molecule has 0 aliphatic rings. The minimum Gasteiger partial charge on any atom is -0.389 e. The third kappa shape index (κ3) is 5.69. The number of carbonyl (C=O) groups is 2. The first-order valence-electron chi connectivity index (χ1n) is 9.97. The van der Waals surface area contributed by atoms with Crippen molar-refractivity contribution in [2.45, 2.75) is 19.4 Å². The van der Waals surface area contributed by atoms with Gasteiger partial charge in [-0.05, 0) is 26.0 Å². The summed E-state index contributed by atoms with van der Waals surface area (Å²) < 4.78 is 1.62. The number of rotatable bonds is 7. The summed E-state index contributed by atoms with van der Waals surface area (Å²) in [7, 11) is 3.28. The Hall–Kier alpha value is -4.30. The normalized spacial score (nSPS) is 10.9. The third-order valence-corrected chi connectivity index (χ3v) is 4.66. The number of nitrogens with one attached hydrogen (secondary N) is 2. The fourth-order valence-corrected chi connectivity index (χ4v) is 2.91. The topological polar surface area (TPSA) is 149 Å². The lowest BCUT2D eigenvalue weighted by Gasteiger charge is -2.20. The van der Waals surface area contributed by atoms with Crippen LogP contribution in [0.5, 0.6) is 0 Å². The predicted octanol–water partition coefficient (Wildman–Crippen LogP) is 2.41. The van der Waals surface area contributed by atoms with Crippen molar-refractivity contribution in [1.29, 1.82) is 5.26 Å². The fraction of sp³-hybridized carbons (Fsp3) is 0.273. The molecular weight excluding hydrogens is 424 g/mol. The molecule has 0 saturated carbocycles. The summed E-state index contributed by atoms with van der Waals surface area (Å²) in [5, 5.41) is 28.9. The molecule has 3 aromatic heterocycles. The summed E-state index contributed by atoms with van der Waals surface area (Å²) in [6, 6.07) is 6.30. The van der Waals surface area contributed by atoms with Gasteiger partial charge in [-0.1, -0.05) is 0 Å². The quantitative estimate of drug-likeness (QED) is 0.467. The van der Waals surface area contributed by atoms with Crippen LogP contribution in [-0.2, 0) is 7.05 Å². The van der Waals surface area contributed by atoms with E-state index in [2.05, 4.69) is 25.7 Å². The van der Waals surface area contributed by atoms with Gasteiger partial charge in [-0.2, -0.15) is 10.4 Å². The lowest BCUT2D eigenvalue weighted by Crippen LogP contribution is -2.32. The van der Waals surface area contributed by atoms with Gasteiger partial charge >= 0.3 is 6.03 Å². The molecule has 0 unspecified atom stereocenters. The van der Waals surface area contributed by atoms with Crippen LogP contribution in [0.25, 0.3) is 11.1 Å². The van der Waals surface area contributed by atoms with E-state index < -0.39 is 11.6 Å². The van der Waals surface area contributed by atoms with Crippen LogP contribution in [0.15, 0.2) is 36.8 Å². The van der Waals surface area contributed by atoms with Crippen molar-refractivity contribution in [2.75, 3.05) is 29.1 Å². The molecule has 0 aliphatic heterocycles. The van der Waals surface area contributed by atoms with Crippen molar-refractivity contribution in [2.24, 2.45) is 7.05 Å². The Morgan fingerprint density at radius 2 is 2.12 bits per heavy atom. The number of nitriles is 1. The van der Waals surface area contributed by atoms with E-state index in [0.717, 1.165) is 5.56 Å². The van der Waals surface area contributed by atoms with Gasteiger partial charge in [0.25, 0.3) is 0 Å². The Kier molecular flexibility index (Phi) is 6.69. The Morgan fingerprint density at radius 3 is 2.73 bits per heavy atom. The average molecular weight is 448 g/mol. The SMILES string of the molecule is CN(C(=O)Nc1cc(NCC(C)(C)O)c(C#N)cn1)c1ccc(-c2cnn(C)c2)c(C=O)n1. The van der Waals surface area contributed by atoms with Crippen LogP contribution >= 0.6 is 0 Å². The van der Waals surface area contributed by atoms with Crippen LogP contribution in [0.3, 0.4) is 0 Å². The van der Waals surface area contributed by atoms with E-state index in [0.29, 0.717) is 17.5 Å². The highest BCUT2D eigenvalue weighted by Gasteiger charge is 2.18. The lowest BCUT2D eigenvalue weighted by molar-refractivity contribution is 0.0945. The number of carbonyl (C=O) groups excluding carboxylic acids is 2. The molecule has 0 radical (unpaired) electrons. The van der Waals surface area contributed by atoms with Crippen LogP contribution in [-0.4, -0.2) is 56.4 Å². The van der Waals surface area contributed by atoms with Gasteiger partial charge in [-0.25, -0.2) is 14.8 Å². The Bertz CT molecular complexity index is 1220. The first-order valence-corrected chi connectivity index (χ1v) is 9.97. The second-order valence-electron chi connectivity index (χ2n) is 8.00. The standard InChI is InChI=1S/C22H24N8O3/c1-22(2,33)13-25-17-7-19(24-9-14(17)8-23)28-21(32)30(4)20-6-5-16(18(12-31)27-20)15-10-26-29(3)11-15/h5-7,9-12,33H,13H2,1-4H3,(H2,24,25,28,32). The molecule has 3 rings (SSSR count). The van der Waals surface area contributed by atoms with Gasteiger partial charge in [0.1, 0.15) is 23.4 Å². The first-order chi connectivity index (χ1) is 15.6. The molecule has 0 saturated heterocycles. The summed E-state index contributed by atoms with van der Waals surface area (Å²) in [6.45, 7) is 3.46. The average Bonchev–Trinajstić information content (AvgIpc) is 3.22. The van der Waals surface area contributed by atoms with E-state index in [1.807, 2.05) is 6.07 Å². The van der Waals surface area contributed by atoms with Gasteiger partial charge in [-0.3, -0.25) is 19.7 Å². The van der Waals surface area contributed by atoms with E-state index in [1.54, 1.807) is 50.1 Å². The number of urea groups is 1. The van der Waals surface area contributed by atoms with Crippen molar-refractivity contribution in [3.63, 3.8) is 0 Å². The molecule has 170 valence electrons. The predicted molar refractivity (Wildman–Crippen MR) is 123 cm³/mol. The van der Waals surface area contributed by atoms with Crippen molar-refractivity contribution < 1.29 is 14.7 Å². The molecule has 0 spiro atoms. The maximum absolute atomic E-state index is 12.8. The highest BCUT2D eigenvalue weighted by atomic mass is 16.3. The number of amides is 2. The molecular formula is C22H24N8O3. The smallest absolute Gasteiger partial charge is 0.328 e. The molecule has 0 fully saturated rings. The Labute approximate surface area is 190 Å². The summed E-state index contributed by atoms with van der Waals surface area (Å²) in [6.07, 6.45) is 5.34. The number of aliphatic hydroxyl groups is 1. The zero-order chi connectivity index (χ0) is 24.2. The number of hydrogen-bond donors (Lipinski definition) is 3. The minimum atomic E-state index is -0.996. The zero-order valence-electron chi connectivity index (χ0n) is 18.7. The molecule has 3 N–H and O–H groups in total. The molecule has 2 amide bonds. The van der Waals surface area contributed by atoms with E-state index in [1.165, 1.54) is 24.2 Å². The van der Waals surface area contributed by atoms with Crippen LogP contribution in [0.4, 0.5) is 22.1 Å². The van der Waals surface area contributed by atoms with Gasteiger partial charge in [0.2, 0.25) is 0 Å². The van der Waals surface area contributed by atoms with Crippen molar-refractivity contribution >= 4 is 29.6 Å². The molecule has 0 aromatic carbocycles. The van der Waals surface area contributed by atoms with E-state index >= 15 is 0 Å². The Balaban J connectivity index is 1.79. The fourth-order valence-electron chi connectivity index (χ4n) is 2.91. The summed E-state index contributed by atoms with van der Waals surface area (Å²) >= 11 is 0. The maximum atomic E-state index is 12.8. The van der Waals surface area contributed by atoms with Crippen molar-refractivity contribution in [3.8, 4) is 17.2 Å². The second kappa shape index (κ2) is 9.46. The number of nitrogens with zero attached hydrogens (tertiary/aromatic N) is 6. The van der Waals surface area contributed by atoms with Gasteiger partial charge in [0.05, 0.1) is 23.0 Å². The lowest BCUT2D eigenvalue weighted by atomic mass is 10.1. The third-order valence-electron chi connectivity index (χ3n) is 4.66. The Morgan fingerprint density at radius 1 is 1.36 bits per heavy atom. The van der Waals surface area contributed by atoms with Gasteiger partial charge in [0.15, 0.2) is 6.29 Å². The van der Waals surface area contributed by atoms with Crippen LogP contribution < -0.4 is 15.5 Å². The van der Waals surface area contributed by atoms with Crippen LogP contribution in [0.2, 0.25) is 0 Å².